The Labute approximate surface area is 158 Å². The van der Waals surface area contributed by atoms with Gasteiger partial charge in [0.15, 0.2) is 0 Å². The van der Waals surface area contributed by atoms with Gasteiger partial charge in [0.05, 0.1) is 11.4 Å². The molecule has 1 aromatic carbocycles. The van der Waals surface area contributed by atoms with Crippen LogP contribution in [0.5, 0.6) is 0 Å². The largest absolute Gasteiger partial charge is 0.337 e. The summed E-state index contributed by atoms with van der Waals surface area (Å²) in [6, 6.07) is 8.66. The molecule has 2 aromatic rings. The number of sulfonamides is 1. The van der Waals surface area contributed by atoms with Crippen molar-refractivity contribution < 1.29 is 13.2 Å². The molecule has 0 bridgehead atoms. The van der Waals surface area contributed by atoms with Crippen molar-refractivity contribution in [3.05, 3.63) is 57.8 Å². The topological polar surface area (TPSA) is 66.5 Å². The van der Waals surface area contributed by atoms with Crippen LogP contribution < -0.4 is 4.72 Å². The Morgan fingerprint density at radius 3 is 2.54 bits per heavy atom. The number of aryl methyl sites for hydroxylation is 1. The molecule has 1 aliphatic rings. The summed E-state index contributed by atoms with van der Waals surface area (Å²) in [5.41, 5.74) is 1.97. The highest BCUT2D eigenvalue weighted by Gasteiger charge is 2.27. The van der Waals surface area contributed by atoms with Gasteiger partial charge in [-0.3, -0.25) is 4.79 Å². The van der Waals surface area contributed by atoms with Crippen molar-refractivity contribution in [2.75, 3.05) is 7.05 Å². The summed E-state index contributed by atoms with van der Waals surface area (Å²) >= 11 is 1.64. The monoisotopic (exact) mass is 390 g/mol. The smallest absolute Gasteiger partial charge is 0.246 e. The minimum Gasteiger partial charge on any atom is -0.337 e. The SMILES string of the molecule is Cc1ccsc1CN(C)C(=O)/C=C/c1ccc(S(=O)(=O)NC2CC2)cc1. The Hall–Kier alpha value is -1.96. The first-order chi connectivity index (χ1) is 12.3. The number of hydrogen-bond acceptors (Lipinski definition) is 4. The normalized spacial score (nSPS) is 14.7. The molecule has 0 atom stereocenters. The molecule has 5 nitrogen and oxygen atoms in total. The van der Waals surface area contributed by atoms with Gasteiger partial charge in [0, 0.05) is 24.0 Å². The molecule has 0 unspecified atom stereocenters. The van der Waals surface area contributed by atoms with Gasteiger partial charge in [0.25, 0.3) is 0 Å². The Morgan fingerprint density at radius 1 is 1.27 bits per heavy atom. The molecule has 0 saturated heterocycles. The predicted molar refractivity (Wildman–Crippen MR) is 104 cm³/mol. The molecular weight excluding hydrogens is 368 g/mol. The van der Waals surface area contributed by atoms with Gasteiger partial charge in [0.2, 0.25) is 15.9 Å². The minimum absolute atomic E-state index is 0.0831. The van der Waals surface area contributed by atoms with Crippen LogP contribution in [0.15, 0.2) is 46.7 Å². The zero-order chi connectivity index (χ0) is 18.7. The summed E-state index contributed by atoms with van der Waals surface area (Å²) in [6.45, 7) is 2.62. The summed E-state index contributed by atoms with van der Waals surface area (Å²) in [4.78, 5) is 15.3. The third-order valence-electron chi connectivity index (χ3n) is 4.23. The molecule has 1 saturated carbocycles. The quantitative estimate of drug-likeness (QED) is 0.739. The second kappa shape index (κ2) is 7.73. The molecular formula is C19H22N2O3S2. The third-order valence-corrected chi connectivity index (χ3v) is 6.78. The molecule has 1 heterocycles. The van der Waals surface area contributed by atoms with Crippen LogP contribution in [0.2, 0.25) is 0 Å². The molecule has 1 aromatic heterocycles. The van der Waals surface area contributed by atoms with Crippen molar-refractivity contribution >= 4 is 33.3 Å². The van der Waals surface area contributed by atoms with Gasteiger partial charge >= 0.3 is 0 Å². The van der Waals surface area contributed by atoms with E-state index in [0.717, 1.165) is 18.4 Å². The number of carbonyl (C=O) groups is 1. The molecule has 0 spiro atoms. The lowest BCUT2D eigenvalue weighted by Crippen LogP contribution is -2.25. The summed E-state index contributed by atoms with van der Waals surface area (Å²) in [7, 11) is -1.67. The van der Waals surface area contributed by atoms with E-state index < -0.39 is 10.0 Å². The van der Waals surface area contributed by atoms with E-state index in [0.29, 0.717) is 6.54 Å². The van der Waals surface area contributed by atoms with Crippen LogP contribution in [0.1, 0.15) is 28.8 Å². The van der Waals surface area contributed by atoms with E-state index >= 15 is 0 Å². The van der Waals surface area contributed by atoms with Crippen LogP contribution in [0, 0.1) is 6.92 Å². The van der Waals surface area contributed by atoms with Gasteiger partial charge in [0.1, 0.15) is 0 Å². The van der Waals surface area contributed by atoms with Crippen molar-refractivity contribution in [1.82, 2.24) is 9.62 Å². The Morgan fingerprint density at radius 2 is 1.96 bits per heavy atom. The number of amides is 1. The van der Waals surface area contributed by atoms with E-state index in [1.165, 1.54) is 16.5 Å². The van der Waals surface area contributed by atoms with Crippen LogP contribution in [0.3, 0.4) is 0 Å². The van der Waals surface area contributed by atoms with Gasteiger partial charge in [-0.25, -0.2) is 13.1 Å². The number of nitrogens with one attached hydrogen (secondary N) is 1. The fourth-order valence-electron chi connectivity index (χ4n) is 2.40. The first-order valence-electron chi connectivity index (χ1n) is 8.44. The number of thiophene rings is 1. The van der Waals surface area contributed by atoms with Crippen molar-refractivity contribution in [1.29, 1.82) is 0 Å². The highest BCUT2D eigenvalue weighted by molar-refractivity contribution is 7.89. The maximum atomic E-state index is 12.2. The molecule has 138 valence electrons. The lowest BCUT2D eigenvalue weighted by atomic mass is 10.2. The zero-order valence-electron chi connectivity index (χ0n) is 14.8. The molecule has 1 fully saturated rings. The first-order valence-corrected chi connectivity index (χ1v) is 10.8. The Kier molecular flexibility index (Phi) is 5.60. The van der Waals surface area contributed by atoms with E-state index in [1.807, 2.05) is 18.4 Å². The standard InChI is InChI=1S/C19H22N2O3S2/c1-14-11-12-25-18(14)13-21(2)19(22)10-5-15-3-8-17(9-4-15)26(23,24)20-16-6-7-16/h3-5,8-12,16,20H,6-7,13H2,1-2H3/b10-5+. The van der Waals surface area contributed by atoms with E-state index in [1.54, 1.807) is 53.6 Å². The van der Waals surface area contributed by atoms with Crippen LogP contribution in [0.4, 0.5) is 0 Å². The van der Waals surface area contributed by atoms with E-state index in [9.17, 15) is 13.2 Å². The lowest BCUT2D eigenvalue weighted by molar-refractivity contribution is -0.125. The molecule has 1 amide bonds. The highest BCUT2D eigenvalue weighted by atomic mass is 32.2. The van der Waals surface area contributed by atoms with Gasteiger partial charge in [-0.1, -0.05) is 12.1 Å². The molecule has 1 N–H and O–H groups in total. The third kappa shape index (κ3) is 4.81. The highest BCUT2D eigenvalue weighted by Crippen LogP contribution is 2.22. The van der Waals surface area contributed by atoms with Crippen LogP contribution >= 0.6 is 11.3 Å². The number of rotatable bonds is 7. The molecule has 3 rings (SSSR count). The fourth-order valence-corrected chi connectivity index (χ4v) is 4.66. The summed E-state index contributed by atoms with van der Waals surface area (Å²) in [6.07, 6.45) is 5.01. The van der Waals surface area contributed by atoms with Gasteiger partial charge in [-0.05, 0) is 60.5 Å². The zero-order valence-corrected chi connectivity index (χ0v) is 16.4. The molecule has 7 heteroatoms. The van der Waals surface area contributed by atoms with Gasteiger partial charge in [-0.2, -0.15) is 0 Å². The summed E-state index contributed by atoms with van der Waals surface area (Å²) < 4.78 is 26.9. The van der Waals surface area contributed by atoms with Crippen molar-refractivity contribution in [3.8, 4) is 0 Å². The van der Waals surface area contributed by atoms with Crippen molar-refractivity contribution in [2.45, 2.75) is 37.2 Å². The van der Waals surface area contributed by atoms with Gasteiger partial charge < -0.3 is 4.90 Å². The average molecular weight is 391 g/mol. The predicted octanol–water partition coefficient (Wildman–Crippen LogP) is 3.17. The number of benzene rings is 1. The van der Waals surface area contributed by atoms with Crippen LogP contribution in [-0.4, -0.2) is 32.3 Å². The Bertz CT molecular complexity index is 911. The fraction of sp³-hybridized carbons (Fsp3) is 0.316. The summed E-state index contributed by atoms with van der Waals surface area (Å²) in [5.74, 6) is -0.0927. The average Bonchev–Trinajstić information content (AvgIpc) is 3.33. The number of carbonyl (C=O) groups excluding carboxylic acids is 1. The number of likely N-dealkylation sites (N-methyl/N-ethyl adjacent to an activating group) is 1. The van der Waals surface area contributed by atoms with Crippen molar-refractivity contribution in [2.24, 2.45) is 0 Å². The minimum atomic E-state index is -3.44. The first kappa shape index (κ1) is 18.8. The second-order valence-corrected chi connectivity index (χ2v) is 9.23. The van der Waals surface area contributed by atoms with E-state index in [4.69, 9.17) is 0 Å². The summed E-state index contributed by atoms with van der Waals surface area (Å²) in [5, 5.41) is 2.02. The van der Waals surface area contributed by atoms with Gasteiger partial charge in [-0.15, -0.1) is 11.3 Å². The Balaban J connectivity index is 1.60. The maximum Gasteiger partial charge on any atom is 0.246 e. The number of nitrogens with zero attached hydrogens (tertiary/aromatic N) is 1. The molecule has 0 aliphatic heterocycles. The van der Waals surface area contributed by atoms with Crippen molar-refractivity contribution in [3.63, 3.8) is 0 Å². The number of hydrogen-bond donors (Lipinski definition) is 1. The molecule has 0 radical (unpaired) electrons. The van der Waals surface area contributed by atoms with Crippen LogP contribution in [0.25, 0.3) is 6.08 Å². The van der Waals surface area contributed by atoms with Crippen LogP contribution in [-0.2, 0) is 21.4 Å². The van der Waals surface area contributed by atoms with E-state index in [2.05, 4.69) is 4.72 Å². The maximum absolute atomic E-state index is 12.2. The van der Waals surface area contributed by atoms with E-state index in [-0.39, 0.29) is 16.8 Å². The lowest BCUT2D eigenvalue weighted by Gasteiger charge is -2.14. The molecule has 1 aliphatic carbocycles. The molecule has 26 heavy (non-hydrogen) atoms. The second-order valence-electron chi connectivity index (χ2n) is 6.52.